The largest absolute Gasteiger partial charge is 0.386 e. The second-order valence-electron chi connectivity index (χ2n) is 3.61. The summed E-state index contributed by atoms with van der Waals surface area (Å²) in [5.41, 5.74) is 0.886. The van der Waals surface area contributed by atoms with E-state index in [1.54, 1.807) is 0 Å². The van der Waals surface area contributed by atoms with Gasteiger partial charge in [0.15, 0.2) is 0 Å². The maximum atomic E-state index is 9.76. The monoisotopic (exact) mass is 224 g/mol. The molecule has 0 saturated carbocycles. The number of rotatable bonds is 8. The molecule has 0 fully saturated rings. The topological polar surface area (TPSA) is 38.7 Å². The van der Waals surface area contributed by atoms with E-state index in [9.17, 15) is 5.11 Å². The SMILES string of the molecule is CCCOCCOCC(O)c1ccccc1. The van der Waals surface area contributed by atoms with Crippen LogP contribution in [0.3, 0.4) is 0 Å². The Labute approximate surface area is 97.0 Å². The Balaban J connectivity index is 2.09. The van der Waals surface area contributed by atoms with Gasteiger partial charge >= 0.3 is 0 Å². The molecule has 0 bridgehead atoms. The number of aliphatic hydroxyl groups is 1. The summed E-state index contributed by atoms with van der Waals surface area (Å²) in [6.07, 6.45) is 0.472. The first-order chi connectivity index (χ1) is 7.84. The van der Waals surface area contributed by atoms with Crippen LogP contribution in [0.1, 0.15) is 25.0 Å². The summed E-state index contributed by atoms with van der Waals surface area (Å²) in [5.74, 6) is 0. The normalized spacial score (nSPS) is 12.6. The van der Waals surface area contributed by atoms with Crippen molar-refractivity contribution in [2.24, 2.45) is 0 Å². The van der Waals surface area contributed by atoms with Crippen molar-refractivity contribution in [3.63, 3.8) is 0 Å². The highest BCUT2D eigenvalue weighted by molar-refractivity contribution is 5.17. The van der Waals surface area contributed by atoms with Crippen molar-refractivity contribution in [2.45, 2.75) is 19.4 Å². The van der Waals surface area contributed by atoms with Gasteiger partial charge in [-0.25, -0.2) is 0 Å². The van der Waals surface area contributed by atoms with Crippen LogP contribution in [0.5, 0.6) is 0 Å². The molecule has 0 spiro atoms. The van der Waals surface area contributed by atoms with Gasteiger partial charge in [0.25, 0.3) is 0 Å². The summed E-state index contributed by atoms with van der Waals surface area (Å²) in [4.78, 5) is 0. The average molecular weight is 224 g/mol. The molecule has 0 aliphatic rings. The number of hydrogen-bond donors (Lipinski definition) is 1. The summed E-state index contributed by atoms with van der Waals surface area (Å²) < 4.78 is 10.6. The molecule has 0 aliphatic carbocycles. The number of benzene rings is 1. The van der Waals surface area contributed by atoms with Crippen LogP contribution in [-0.2, 0) is 9.47 Å². The molecular weight excluding hydrogens is 204 g/mol. The van der Waals surface area contributed by atoms with Crippen molar-refractivity contribution in [3.8, 4) is 0 Å². The van der Waals surface area contributed by atoms with E-state index in [-0.39, 0.29) is 0 Å². The lowest BCUT2D eigenvalue weighted by molar-refractivity contribution is 0.00327. The van der Waals surface area contributed by atoms with Gasteiger partial charge < -0.3 is 14.6 Å². The van der Waals surface area contributed by atoms with Gasteiger partial charge in [-0.15, -0.1) is 0 Å². The fraction of sp³-hybridized carbons (Fsp3) is 0.538. The lowest BCUT2D eigenvalue weighted by Crippen LogP contribution is -2.11. The van der Waals surface area contributed by atoms with E-state index in [0.29, 0.717) is 19.8 Å². The zero-order valence-electron chi connectivity index (χ0n) is 9.76. The summed E-state index contributed by atoms with van der Waals surface area (Å²) in [6.45, 7) is 4.28. The summed E-state index contributed by atoms with van der Waals surface area (Å²) >= 11 is 0. The molecule has 16 heavy (non-hydrogen) atoms. The minimum Gasteiger partial charge on any atom is -0.386 e. The second kappa shape index (κ2) is 8.28. The maximum absolute atomic E-state index is 9.76. The van der Waals surface area contributed by atoms with Gasteiger partial charge in [0.05, 0.1) is 19.8 Å². The van der Waals surface area contributed by atoms with Gasteiger partial charge in [-0.2, -0.15) is 0 Å². The smallest absolute Gasteiger partial charge is 0.102 e. The van der Waals surface area contributed by atoms with Crippen LogP contribution in [0.25, 0.3) is 0 Å². The predicted octanol–water partition coefficient (Wildman–Crippen LogP) is 2.16. The molecule has 0 amide bonds. The van der Waals surface area contributed by atoms with E-state index >= 15 is 0 Å². The molecule has 1 unspecified atom stereocenters. The van der Waals surface area contributed by atoms with E-state index in [1.165, 1.54) is 0 Å². The minimum absolute atomic E-state index is 0.319. The van der Waals surface area contributed by atoms with E-state index in [2.05, 4.69) is 6.92 Å². The second-order valence-corrected chi connectivity index (χ2v) is 3.61. The zero-order chi connectivity index (χ0) is 11.6. The third kappa shape index (κ3) is 5.26. The van der Waals surface area contributed by atoms with Gasteiger partial charge in [0.1, 0.15) is 6.10 Å². The van der Waals surface area contributed by atoms with E-state index in [0.717, 1.165) is 18.6 Å². The molecular formula is C13H20O3. The highest BCUT2D eigenvalue weighted by Gasteiger charge is 2.05. The Bertz CT molecular complexity index is 261. The van der Waals surface area contributed by atoms with Gasteiger partial charge in [-0.1, -0.05) is 37.3 Å². The summed E-state index contributed by atoms with van der Waals surface area (Å²) in [5, 5.41) is 9.76. The number of aliphatic hydroxyl groups excluding tert-OH is 1. The molecule has 0 aliphatic heterocycles. The molecule has 0 radical (unpaired) electrons. The Morgan fingerprint density at radius 1 is 1.06 bits per heavy atom. The first-order valence-electron chi connectivity index (χ1n) is 5.73. The van der Waals surface area contributed by atoms with Crippen LogP contribution in [0, 0.1) is 0 Å². The Hall–Kier alpha value is -0.900. The molecule has 3 heteroatoms. The maximum Gasteiger partial charge on any atom is 0.102 e. The molecule has 1 atom stereocenters. The third-order valence-electron chi connectivity index (χ3n) is 2.18. The highest BCUT2D eigenvalue weighted by atomic mass is 16.5. The number of hydrogen-bond acceptors (Lipinski definition) is 3. The molecule has 1 aromatic rings. The predicted molar refractivity (Wildman–Crippen MR) is 63.3 cm³/mol. The minimum atomic E-state index is -0.549. The van der Waals surface area contributed by atoms with Crippen LogP contribution in [0.2, 0.25) is 0 Å². The van der Waals surface area contributed by atoms with Gasteiger partial charge in [-0.05, 0) is 12.0 Å². The van der Waals surface area contributed by atoms with E-state index < -0.39 is 6.10 Å². The van der Waals surface area contributed by atoms with Gasteiger partial charge in [0, 0.05) is 6.61 Å². The van der Waals surface area contributed by atoms with Crippen LogP contribution in [0.4, 0.5) is 0 Å². The van der Waals surface area contributed by atoms with Crippen LogP contribution in [-0.4, -0.2) is 31.5 Å². The van der Waals surface area contributed by atoms with Crippen LogP contribution >= 0.6 is 0 Å². The quantitative estimate of drug-likeness (QED) is 0.688. The van der Waals surface area contributed by atoms with Crippen LogP contribution < -0.4 is 0 Å². The average Bonchev–Trinajstić information content (AvgIpc) is 2.34. The fourth-order valence-electron chi connectivity index (χ4n) is 1.33. The number of ether oxygens (including phenoxy) is 2. The van der Waals surface area contributed by atoms with Gasteiger partial charge in [0.2, 0.25) is 0 Å². The van der Waals surface area contributed by atoms with Crippen LogP contribution in [0.15, 0.2) is 30.3 Å². The molecule has 3 nitrogen and oxygen atoms in total. The Kier molecular flexibility index (Phi) is 6.81. The lowest BCUT2D eigenvalue weighted by atomic mass is 10.1. The summed E-state index contributed by atoms with van der Waals surface area (Å²) in [6, 6.07) is 9.52. The van der Waals surface area contributed by atoms with Crippen molar-refractivity contribution >= 4 is 0 Å². The molecule has 1 N–H and O–H groups in total. The molecule has 0 aromatic heterocycles. The Morgan fingerprint density at radius 3 is 2.44 bits per heavy atom. The van der Waals surface area contributed by atoms with Crippen molar-refractivity contribution in [2.75, 3.05) is 26.4 Å². The van der Waals surface area contributed by atoms with Crippen molar-refractivity contribution < 1.29 is 14.6 Å². The van der Waals surface area contributed by atoms with Gasteiger partial charge in [-0.3, -0.25) is 0 Å². The standard InChI is InChI=1S/C13H20O3/c1-2-8-15-9-10-16-11-13(14)12-6-4-3-5-7-12/h3-7,13-14H,2,8-11H2,1H3. The van der Waals surface area contributed by atoms with Crippen molar-refractivity contribution in [1.29, 1.82) is 0 Å². The van der Waals surface area contributed by atoms with E-state index in [4.69, 9.17) is 9.47 Å². The molecule has 0 saturated heterocycles. The highest BCUT2D eigenvalue weighted by Crippen LogP contribution is 2.11. The first kappa shape index (κ1) is 13.2. The van der Waals surface area contributed by atoms with E-state index in [1.807, 2.05) is 30.3 Å². The molecule has 90 valence electrons. The zero-order valence-corrected chi connectivity index (χ0v) is 9.76. The third-order valence-corrected chi connectivity index (χ3v) is 2.18. The fourth-order valence-corrected chi connectivity index (χ4v) is 1.33. The summed E-state index contributed by atoms with van der Waals surface area (Å²) in [7, 11) is 0. The lowest BCUT2D eigenvalue weighted by Gasteiger charge is -2.11. The Morgan fingerprint density at radius 2 is 1.75 bits per heavy atom. The first-order valence-corrected chi connectivity index (χ1v) is 5.73. The molecule has 1 rings (SSSR count). The molecule has 0 heterocycles. The molecule has 1 aromatic carbocycles. The van der Waals surface area contributed by atoms with Crippen molar-refractivity contribution in [3.05, 3.63) is 35.9 Å². The van der Waals surface area contributed by atoms with Crippen molar-refractivity contribution in [1.82, 2.24) is 0 Å².